The number of benzene rings is 3. The van der Waals surface area contributed by atoms with Gasteiger partial charge in [0, 0.05) is 42.6 Å². The summed E-state index contributed by atoms with van der Waals surface area (Å²) in [5, 5.41) is 13.3. The number of nitrogens with zero attached hydrogens (tertiary/aromatic N) is 3. The summed E-state index contributed by atoms with van der Waals surface area (Å²) >= 11 is 6.23. The molecule has 0 atom stereocenters. The summed E-state index contributed by atoms with van der Waals surface area (Å²) in [7, 11) is 0. The molecule has 6 nitrogen and oxygen atoms in total. The van der Waals surface area contributed by atoms with Gasteiger partial charge in [-0.25, -0.2) is 9.79 Å². The Morgan fingerprint density at radius 3 is 2.36 bits per heavy atom. The Labute approximate surface area is 199 Å². The van der Waals surface area contributed by atoms with Gasteiger partial charge in [0.15, 0.2) is 5.96 Å². The Balaban J connectivity index is 1.50. The van der Waals surface area contributed by atoms with E-state index >= 15 is 0 Å². The van der Waals surface area contributed by atoms with Gasteiger partial charge in [-0.05, 0) is 54.4 Å². The lowest BCUT2D eigenvalue weighted by Gasteiger charge is -2.38. The molecular formula is C26H27ClN4O2. The highest BCUT2D eigenvalue weighted by Gasteiger charge is 2.21. The van der Waals surface area contributed by atoms with Crippen LogP contribution < -0.4 is 10.2 Å². The number of rotatable bonds is 5. The van der Waals surface area contributed by atoms with Crippen molar-refractivity contribution in [1.82, 2.24) is 4.90 Å². The lowest BCUT2D eigenvalue weighted by molar-refractivity contribution is 0.0697. The van der Waals surface area contributed by atoms with Crippen LogP contribution in [-0.2, 0) is 6.54 Å². The van der Waals surface area contributed by atoms with Gasteiger partial charge in [-0.15, -0.1) is 0 Å². The second-order valence-electron chi connectivity index (χ2n) is 8.04. The van der Waals surface area contributed by atoms with E-state index in [-0.39, 0.29) is 5.56 Å². The Kier molecular flexibility index (Phi) is 7.15. The molecule has 2 N–H and O–H groups in total. The van der Waals surface area contributed by atoms with Crippen LogP contribution >= 0.6 is 11.6 Å². The van der Waals surface area contributed by atoms with Crippen LogP contribution in [0.5, 0.6) is 0 Å². The maximum Gasteiger partial charge on any atom is 0.335 e. The summed E-state index contributed by atoms with van der Waals surface area (Å²) < 4.78 is 0. The van der Waals surface area contributed by atoms with Crippen LogP contribution in [-0.4, -0.2) is 48.1 Å². The zero-order chi connectivity index (χ0) is 23.2. The van der Waals surface area contributed by atoms with Crippen molar-refractivity contribution in [3.05, 3.63) is 94.5 Å². The number of carboxylic acid groups (broad SMARTS) is 1. The first kappa shape index (κ1) is 22.7. The average molecular weight is 463 g/mol. The molecule has 1 fully saturated rings. The molecule has 1 heterocycles. The molecule has 0 radical (unpaired) electrons. The first-order valence-corrected chi connectivity index (χ1v) is 11.3. The fraction of sp³-hybridized carbons (Fsp3) is 0.231. The highest BCUT2D eigenvalue weighted by atomic mass is 35.5. The zero-order valence-corrected chi connectivity index (χ0v) is 19.3. The number of aliphatic imine (C=N–C) groups is 1. The molecule has 0 saturated carbocycles. The fourth-order valence-corrected chi connectivity index (χ4v) is 4.04. The van der Waals surface area contributed by atoms with Gasteiger partial charge < -0.3 is 20.2 Å². The maximum atomic E-state index is 11.2. The second-order valence-corrected chi connectivity index (χ2v) is 8.47. The number of halogens is 1. The molecule has 0 bridgehead atoms. The van der Waals surface area contributed by atoms with E-state index in [1.165, 1.54) is 11.3 Å². The average Bonchev–Trinajstić information content (AvgIpc) is 2.84. The third-order valence-electron chi connectivity index (χ3n) is 5.73. The minimum atomic E-state index is -0.938. The number of hydrogen-bond acceptors (Lipinski definition) is 3. The maximum absolute atomic E-state index is 11.2. The summed E-state index contributed by atoms with van der Waals surface area (Å²) in [6, 6.07) is 22.9. The molecular weight excluding hydrogens is 436 g/mol. The minimum Gasteiger partial charge on any atom is -0.478 e. The Morgan fingerprint density at radius 1 is 1.00 bits per heavy atom. The number of guanidine groups is 1. The van der Waals surface area contributed by atoms with Crippen molar-refractivity contribution >= 4 is 34.9 Å². The number of aromatic carboxylic acids is 1. The number of piperazine rings is 1. The Morgan fingerprint density at radius 2 is 1.70 bits per heavy atom. The summed E-state index contributed by atoms with van der Waals surface area (Å²) in [6.45, 7) is 5.98. The smallest absolute Gasteiger partial charge is 0.335 e. The van der Waals surface area contributed by atoms with Crippen molar-refractivity contribution in [2.75, 3.05) is 36.4 Å². The topological polar surface area (TPSA) is 68.2 Å². The first-order chi connectivity index (χ1) is 16.0. The summed E-state index contributed by atoms with van der Waals surface area (Å²) in [5.74, 6) is -0.156. The third-order valence-corrected chi connectivity index (χ3v) is 5.97. The molecule has 0 unspecified atom stereocenters. The van der Waals surface area contributed by atoms with Crippen molar-refractivity contribution in [2.45, 2.75) is 13.5 Å². The summed E-state index contributed by atoms with van der Waals surface area (Å²) in [4.78, 5) is 20.6. The van der Waals surface area contributed by atoms with E-state index in [1.54, 1.807) is 24.3 Å². The van der Waals surface area contributed by atoms with Crippen LogP contribution in [0.15, 0.2) is 77.8 Å². The minimum absolute atomic E-state index is 0.258. The molecule has 4 rings (SSSR count). The fourth-order valence-electron chi connectivity index (χ4n) is 3.88. The molecule has 1 aliphatic heterocycles. The van der Waals surface area contributed by atoms with Crippen molar-refractivity contribution in [3.63, 3.8) is 0 Å². The normalized spacial score (nSPS) is 14.3. The van der Waals surface area contributed by atoms with E-state index in [4.69, 9.17) is 21.7 Å². The largest absolute Gasteiger partial charge is 0.478 e. The SMILES string of the molecule is Cc1ccc(Cl)cc1N1CCN(C(=NCc2ccccc2)Nc2ccc(C(=O)O)cc2)CC1. The van der Waals surface area contributed by atoms with E-state index in [9.17, 15) is 4.79 Å². The number of aryl methyl sites for hydroxylation is 1. The lowest BCUT2D eigenvalue weighted by Crippen LogP contribution is -2.51. The van der Waals surface area contributed by atoms with Gasteiger partial charge in [0.05, 0.1) is 12.1 Å². The van der Waals surface area contributed by atoms with E-state index in [0.29, 0.717) is 6.54 Å². The molecule has 33 heavy (non-hydrogen) atoms. The van der Waals surface area contributed by atoms with Gasteiger partial charge in [-0.3, -0.25) is 0 Å². The van der Waals surface area contributed by atoms with Crippen LogP contribution in [0.1, 0.15) is 21.5 Å². The van der Waals surface area contributed by atoms with Crippen molar-refractivity contribution < 1.29 is 9.90 Å². The van der Waals surface area contributed by atoms with E-state index in [2.05, 4.69) is 40.2 Å². The van der Waals surface area contributed by atoms with Crippen molar-refractivity contribution in [1.29, 1.82) is 0 Å². The molecule has 0 aromatic heterocycles. The number of nitrogens with one attached hydrogen (secondary N) is 1. The van der Waals surface area contributed by atoms with Crippen LogP contribution in [0.3, 0.4) is 0 Å². The standard InChI is InChI=1S/C26H27ClN4O2/c1-19-7-10-22(27)17-24(19)30-13-15-31(16-14-30)26(28-18-20-5-3-2-4-6-20)29-23-11-8-21(9-12-23)25(32)33/h2-12,17H,13-16,18H2,1H3,(H,28,29)(H,32,33). The highest BCUT2D eigenvalue weighted by molar-refractivity contribution is 6.30. The monoisotopic (exact) mass is 462 g/mol. The molecule has 0 spiro atoms. The van der Waals surface area contributed by atoms with Gasteiger partial charge in [0.1, 0.15) is 0 Å². The van der Waals surface area contributed by atoms with Crippen LogP contribution in [0, 0.1) is 6.92 Å². The Hall–Kier alpha value is -3.51. The van der Waals surface area contributed by atoms with Gasteiger partial charge in [-0.2, -0.15) is 0 Å². The second kappa shape index (κ2) is 10.4. The number of carbonyl (C=O) groups is 1. The molecule has 3 aromatic carbocycles. The molecule has 0 amide bonds. The summed E-state index contributed by atoms with van der Waals surface area (Å²) in [6.07, 6.45) is 0. The number of hydrogen-bond donors (Lipinski definition) is 2. The van der Waals surface area contributed by atoms with E-state index in [1.807, 2.05) is 30.3 Å². The molecule has 7 heteroatoms. The quantitative estimate of drug-likeness (QED) is 0.406. The van der Waals surface area contributed by atoms with Crippen molar-refractivity contribution in [3.8, 4) is 0 Å². The molecule has 170 valence electrons. The summed E-state index contributed by atoms with van der Waals surface area (Å²) in [5.41, 5.74) is 4.57. The van der Waals surface area contributed by atoms with Crippen LogP contribution in [0.25, 0.3) is 0 Å². The molecule has 0 aliphatic carbocycles. The van der Waals surface area contributed by atoms with Crippen LogP contribution in [0.2, 0.25) is 5.02 Å². The third kappa shape index (κ3) is 5.84. The Bertz CT molecular complexity index is 1120. The molecule has 1 aliphatic rings. The number of carboxylic acids is 1. The predicted octanol–water partition coefficient (Wildman–Crippen LogP) is 5.14. The number of anilines is 2. The predicted molar refractivity (Wildman–Crippen MR) is 135 cm³/mol. The van der Waals surface area contributed by atoms with Gasteiger partial charge in [0.2, 0.25) is 0 Å². The molecule has 1 saturated heterocycles. The van der Waals surface area contributed by atoms with Gasteiger partial charge in [0.25, 0.3) is 0 Å². The first-order valence-electron chi connectivity index (χ1n) is 10.9. The zero-order valence-electron chi connectivity index (χ0n) is 18.5. The lowest BCUT2D eigenvalue weighted by atomic mass is 10.1. The van der Waals surface area contributed by atoms with Gasteiger partial charge >= 0.3 is 5.97 Å². The highest BCUT2D eigenvalue weighted by Crippen LogP contribution is 2.25. The molecule has 3 aromatic rings. The van der Waals surface area contributed by atoms with Crippen LogP contribution in [0.4, 0.5) is 11.4 Å². The van der Waals surface area contributed by atoms with E-state index in [0.717, 1.165) is 48.4 Å². The van der Waals surface area contributed by atoms with Crippen molar-refractivity contribution in [2.24, 2.45) is 4.99 Å². The van der Waals surface area contributed by atoms with E-state index < -0.39 is 5.97 Å². The van der Waals surface area contributed by atoms with Gasteiger partial charge in [-0.1, -0.05) is 48.0 Å².